The highest BCUT2D eigenvalue weighted by molar-refractivity contribution is 5.96. The summed E-state index contributed by atoms with van der Waals surface area (Å²) >= 11 is 0. The quantitative estimate of drug-likeness (QED) is 0.837. The lowest BCUT2D eigenvalue weighted by Gasteiger charge is -2.24. The third-order valence-corrected chi connectivity index (χ3v) is 4.59. The number of amides is 1. The van der Waals surface area contributed by atoms with Crippen molar-refractivity contribution in [3.05, 3.63) is 29.3 Å². The fourth-order valence-electron chi connectivity index (χ4n) is 3.43. The lowest BCUT2D eigenvalue weighted by atomic mass is 10.1. The fourth-order valence-corrected chi connectivity index (χ4v) is 3.43. The Labute approximate surface area is 120 Å². The Kier molecular flexibility index (Phi) is 3.66. The van der Waals surface area contributed by atoms with Gasteiger partial charge in [-0.2, -0.15) is 0 Å². The Hall–Kier alpha value is -1.55. The molecule has 0 radical (unpaired) electrons. The lowest BCUT2D eigenvalue weighted by Crippen LogP contribution is -2.37. The van der Waals surface area contributed by atoms with Crippen LogP contribution in [-0.4, -0.2) is 47.9 Å². The molecule has 2 saturated heterocycles. The smallest absolute Gasteiger partial charge is 0.254 e. The first-order valence-corrected chi connectivity index (χ1v) is 7.54. The van der Waals surface area contributed by atoms with E-state index in [2.05, 4.69) is 4.90 Å². The number of carbonyl (C=O) groups excluding carboxylic acids is 1. The molecule has 0 aromatic heterocycles. The van der Waals surface area contributed by atoms with Crippen molar-refractivity contribution in [3.8, 4) is 0 Å². The summed E-state index contributed by atoms with van der Waals surface area (Å²) in [5, 5.41) is 0. The lowest BCUT2D eigenvalue weighted by molar-refractivity contribution is 0.0779. The van der Waals surface area contributed by atoms with Crippen LogP contribution >= 0.6 is 0 Å². The number of nitrogens with zero attached hydrogens (tertiary/aromatic N) is 2. The van der Waals surface area contributed by atoms with E-state index in [1.807, 2.05) is 30.0 Å². The normalized spacial score (nSPS) is 23.4. The number of hydrogen-bond donors (Lipinski definition) is 1. The van der Waals surface area contributed by atoms with E-state index in [1.54, 1.807) is 0 Å². The maximum Gasteiger partial charge on any atom is 0.254 e. The van der Waals surface area contributed by atoms with Crippen molar-refractivity contribution >= 4 is 11.6 Å². The first-order chi connectivity index (χ1) is 9.65. The molecule has 0 saturated carbocycles. The van der Waals surface area contributed by atoms with Crippen molar-refractivity contribution in [3.63, 3.8) is 0 Å². The maximum atomic E-state index is 12.6. The molecule has 1 unspecified atom stereocenters. The van der Waals surface area contributed by atoms with Gasteiger partial charge in [-0.05, 0) is 63.0 Å². The summed E-state index contributed by atoms with van der Waals surface area (Å²) in [7, 11) is 0. The minimum Gasteiger partial charge on any atom is -0.399 e. The summed E-state index contributed by atoms with van der Waals surface area (Å²) in [5.74, 6) is 0.157. The number of nitrogens with two attached hydrogens (primary N) is 1. The summed E-state index contributed by atoms with van der Waals surface area (Å²) in [6, 6.07) is 6.11. The topological polar surface area (TPSA) is 49.6 Å². The molecule has 4 heteroatoms. The van der Waals surface area contributed by atoms with Gasteiger partial charge in [0.15, 0.2) is 0 Å². The molecular formula is C16H23N3O. The Morgan fingerprint density at radius 1 is 1.25 bits per heavy atom. The molecular weight excluding hydrogens is 250 g/mol. The van der Waals surface area contributed by atoms with Gasteiger partial charge >= 0.3 is 0 Å². The Morgan fingerprint density at radius 3 is 2.70 bits per heavy atom. The number of anilines is 1. The van der Waals surface area contributed by atoms with Crippen LogP contribution in [0.4, 0.5) is 5.69 Å². The van der Waals surface area contributed by atoms with Gasteiger partial charge in [-0.15, -0.1) is 0 Å². The molecule has 0 aliphatic carbocycles. The zero-order valence-corrected chi connectivity index (χ0v) is 12.1. The van der Waals surface area contributed by atoms with Crippen LogP contribution in [0.3, 0.4) is 0 Å². The molecule has 2 aliphatic rings. The number of likely N-dealkylation sites (tertiary alicyclic amines) is 2. The number of aryl methyl sites for hydroxylation is 1. The van der Waals surface area contributed by atoms with Gasteiger partial charge in [-0.3, -0.25) is 9.69 Å². The van der Waals surface area contributed by atoms with Gasteiger partial charge in [-0.1, -0.05) is 0 Å². The summed E-state index contributed by atoms with van der Waals surface area (Å²) in [5.41, 5.74) is 8.24. The highest BCUT2D eigenvalue weighted by atomic mass is 16.2. The van der Waals surface area contributed by atoms with Gasteiger partial charge < -0.3 is 10.6 Å². The van der Waals surface area contributed by atoms with Crippen LogP contribution in [-0.2, 0) is 0 Å². The molecule has 3 rings (SSSR count). The largest absolute Gasteiger partial charge is 0.399 e. The number of rotatable bonds is 2. The second-order valence-electron chi connectivity index (χ2n) is 6.01. The molecule has 0 bridgehead atoms. The van der Waals surface area contributed by atoms with Crippen molar-refractivity contribution in [2.45, 2.75) is 32.2 Å². The Bertz CT molecular complexity index is 508. The minimum absolute atomic E-state index is 0.157. The highest BCUT2D eigenvalue weighted by Gasteiger charge is 2.32. The second kappa shape index (κ2) is 5.44. The molecule has 1 atom stereocenters. The zero-order chi connectivity index (χ0) is 14.1. The third kappa shape index (κ3) is 2.52. The van der Waals surface area contributed by atoms with E-state index in [4.69, 9.17) is 5.73 Å². The van der Waals surface area contributed by atoms with Crippen LogP contribution in [0.1, 0.15) is 35.2 Å². The SMILES string of the molecule is Cc1cc(N)ccc1C(=O)N1CCC(N2CCCC2)C1. The Morgan fingerprint density at radius 2 is 2.00 bits per heavy atom. The van der Waals surface area contributed by atoms with E-state index in [1.165, 1.54) is 25.9 Å². The zero-order valence-electron chi connectivity index (χ0n) is 12.1. The average molecular weight is 273 g/mol. The second-order valence-corrected chi connectivity index (χ2v) is 6.01. The summed E-state index contributed by atoms with van der Waals surface area (Å²) in [6.07, 6.45) is 3.72. The summed E-state index contributed by atoms with van der Waals surface area (Å²) in [6.45, 7) is 6.12. The van der Waals surface area contributed by atoms with Gasteiger partial charge in [0, 0.05) is 30.4 Å². The van der Waals surface area contributed by atoms with E-state index < -0.39 is 0 Å². The molecule has 108 valence electrons. The van der Waals surface area contributed by atoms with Crippen LogP contribution in [0.15, 0.2) is 18.2 Å². The number of benzene rings is 1. The van der Waals surface area contributed by atoms with Crippen molar-refractivity contribution < 1.29 is 4.79 Å². The first kappa shape index (κ1) is 13.4. The monoisotopic (exact) mass is 273 g/mol. The van der Waals surface area contributed by atoms with E-state index in [-0.39, 0.29) is 5.91 Å². The maximum absolute atomic E-state index is 12.6. The van der Waals surface area contributed by atoms with Crippen LogP contribution in [0.25, 0.3) is 0 Å². The molecule has 2 aliphatic heterocycles. The van der Waals surface area contributed by atoms with E-state index in [0.29, 0.717) is 6.04 Å². The average Bonchev–Trinajstić information content (AvgIpc) is 3.09. The summed E-state index contributed by atoms with van der Waals surface area (Å²) in [4.78, 5) is 17.2. The van der Waals surface area contributed by atoms with Crippen molar-refractivity contribution in [1.82, 2.24) is 9.80 Å². The van der Waals surface area contributed by atoms with Gasteiger partial charge in [-0.25, -0.2) is 0 Å². The molecule has 0 spiro atoms. The number of hydrogen-bond acceptors (Lipinski definition) is 3. The highest BCUT2D eigenvalue weighted by Crippen LogP contribution is 2.23. The molecule has 2 fully saturated rings. The van der Waals surface area contributed by atoms with Gasteiger partial charge in [0.2, 0.25) is 0 Å². The standard InChI is InChI=1S/C16H23N3O/c1-12-10-13(17)4-5-15(12)16(20)19-9-6-14(11-19)18-7-2-3-8-18/h4-5,10,14H,2-3,6-9,11,17H2,1H3. The summed E-state index contributed by atoms with van der Waals surface area (Å²) < 4.78 is 0. The van der Waals surface area contributed by atoms with Gasteiger partial charge in [0.05, 0.1) is 0 Å². The van der Waals surface area contributed by atoms with E-state index >= 15 is 0 Å². The van der Waals surface area contributed by atoms with E-state index in [9.17, 15) is 4.79 Å². The predicted octanol–water partition coefficient (Wildman–Crippen LogP) is 1.89. The Balaban J connectivity index is 1.69. The molecule has 1 aromatic carbocycles. The molecule has 2 N–H and O–H groups in total. The minimum atomic E-state index is 0.157. The van der Waals surface area contributed by atoms with Crippen molar-refractivity contribution in [2.24, 2.45) is 0 Å². The first-order valence-electron chi connectivity index (χ1n) is 7.54. The molecule has 20 heavy (non-hydrogen) atoms. The van der Waals surface area contributed by atoms with Crippen molar-refractivity contribution in [1.29, 1.82) is 0 Å². The predicted molar refractivity (Wildman–Crippen MR) is 80.7 cm³/mol. The van der Waals surface area contributed by atoms with Crippen LogP contribution in [0, 0.1) is 6.92 Å². The number of carbonyl (C=O) groups is 1. The molecule has 1 amide bonds. The molecule has 1 aromatic rings. The van der Waals surface area contributed by atoms with Gasteiger partial charge in [0.1, 0.15) is 0 Å². The molecule has 2 heterocycles. The van der Waals surface area contributed by atoms with E-state index in [0.717, 1.165) is 36.3 Å². The molecule has 4 nitrogen and oxygen atoms in total. The fraction of sp³-hybridized carbons (Fsp3) is 0.562. The van der Waals surface area contributed by atoms with Crippen LogP contribution in [0.5, 0.6) is 0 Å². The number of nitrogen functional groups attached to an aromatic ring is 1. The van der Waals surface area contributed by atoms with Crippen molar-refractivity contribution in [2.75, 3.05) is 31.9 Å². The van der Waals surface area contributed by atoms with Gasteiger partial charge in [0.25, 0.3) is 5.91 Å². The van der Waals surface area contributed by atoms with Crippen LogP contribution < -0.4 is 5.73 Å². The van der Waals surface area contributed by atoms with Crippen LogP contribution in [0.2, 0.25) is 0 Å². The third-order valence-electron chi connectivity index (χ3n) is 4.59.